The maximum absolute atomic E-state index is 12.4. The summed E-state index contributed by atoms with van der Waals surface area (Å²) in [5.41, 5.74) is -0.329. The van der Waals surface area contributed by atoms with E-state index in [2.05, 4.69) is 20.6 Å². The number of rotatable bonds is 4. The van der Waals surface area contributed by atoms with Crippen molar-refractivity contribution < 1.29 is 14.7 Å². The average molecular weight is 289 g/mol. The first-order valence-electron chi connectivity index (χ1n) is 6.19. The van der Waals surface area contributed by atoms with Crippen LogP contribution in [0.5, 0.6) is 0 Å². The first-order chi connectivity index (χ1) is 9.84. The van der Waals surface area contributed by atoms with Crippen molar-refractivity contribution in [3.05, 3.63) is 29.8 Å². The molecule has 1 heterocycles. The summed E-state index contributed by atoms with van der Waals surface area (Å²) in [5, 5.41) is 22.7. The quantitative estimate of drug-likeness (QED) is 0.861. The van der Waals surface area contributed by atoms with Crippen molar-refractivity contribution in [3.8, 4) is 11.4 Å². The number of aromatic amines is 1. The van der Waals surface area contributed by atoms with Gasteiger partial charge in [0.15, 0.2) is 0 Å². The second-order valence-corrected chi connectivity index (χ2v) is 5.04. The Morgan fingerprint density at radius 2 is 2.05 bits per heavy atom. The van der Waals surface area contributed by atoms with Gasteiger partial charge in [0.25, 0.3) is 5.91 Å². The van der Waals surface area contributed by atoms with Crippen LogP contribution in [0.15, 0.2) is 24.3 Å². The van der Waals surface area contributed by atoms with Gasteiger partial charge < -0.3 is 10.0 Å². The molecule has 0 saturated heterocycles. The number of tetrazole rings is 1. The number of carboxylic acid groups (broad SMARTS) is 1. The fourth-order valence-corrected chi connectivity index (χ4v) is 1.67. The summed E-state index contributed by atoms with van der Waals surface area (Å²) < 4.78 is 0. The van der Waals surface area contributed by atoms with Gasteiger partial charge in [-0.1, -0.05) is 12.1 Å². The van der Waals surface area contributed by atoms with E-state index in [0.717, 1.165) is 0 Å². The van der Waals surface area contributed by atoms with Crippen LogP contribution in [-0.4, -0.2) is 55.1 Å². The van der Waals surface area contributed by atoms with E-state index in [1.165, 1.54) is 25.8 Å². The maximum atomic E-state index is 12.4. The van der Waals surface area contributed by atoms with Crippen molar-refractivity contribution in [2.45, 2.75) is 19.4 Å². The van der Waals surface area contributed by atoms with E-state index in [1.807, 2.05) is 0 Å². The first-order valence-corrected chi connectivity index (χ1v) is 6.19. The van der Waals surface area contributed by atoms with Crippen LogP contribution in [0.25, 0.3) is 11.4 Å². The van der Waals surface area contributed by atoms with E-state index in [1.54, 1.807) is 24.3 Å². The van der Waals surface area contributed by atoms with E-state index >= 15 is 0 Å². The van der Waals surface area contributed by atoms with Gasteiger partial charge >= 0.3 is 5.97 Å². The molecule has 0 spiro atoms. The molecule has 2 aromatic rings. The van der Waals surface area contributed by atoms with E-state index in [-0.39, 0.29) is 0 Å². The molecule has 21 heavy (non-hydrogen) atoms. The molecule has 0 aliphatic carbocycles. The Kier molecular flexibility index (Phi) is 3.70. The van der Waals surface area contributed by atoms with Gasteiger partial charge in [-0.15, -0.1) is 10.2 Å². The minimum Gasteiger partial charge on any atom is -0.480 e. The Labute approximate surface area is 120 Å². The number of H-pyrrole nitrogens is 1. The van der Waals surface area contributed by atoms with Gasteiger partial charge in [0.2, 0.25) is 5.82 Å². The van der Waals surface area contributed by atoms with Crippen LogP contribution in [0.3, 0.4) is 0 Å². The van der Waals surface area contributed by atoms with Crippen molar-refractivity contribution in [2.24, 2.45) is 0 Å². The Bertz CT molecular complexity index is 666. The number of hydrogen-bond donors (Lipinski definition) is 2. The Balaban J connectivity index is 2.32. The summed E-state index contributed by atoms with van der Waals surface area (Å²) in [6.07, 6.45) is 0. The van der Waals surface area contributed by atoms with E-state index in [0.29, 0.717) is 17.0 Å². The van der Waals surface area contributed by atoms with Crippen LogP contribution in [0.2, 0.25) is 0 Å². The number of carbonyl (C=O) groups is 2. The zero-order valence-electron chi connectivity index (χ0n) is 11.9. The summed E-state index contributed by atoms with van der Waals surface area (Å²) in [4.78, 5) is 24.8. The number of carboxylic acids is 1. The molecule has 8 nitrogen and oxygen atoms in total. The number of carbonyl (C=O) groups excluding carboxylic acids is 1. The molecule has 0 saturated carbocycles. The highest BCUT2D eigenvalue weighted by Crippen LogP contribution is 2.20. The minimum absolute atomic E-state index is 0.356. The van der Waals surface area contributed by atoms with Gasteiger partial charge in [-0.2, -0.15) is 5.21 Å². The molecule has 0 radical (unpaired) electrons. The van der Waals surface area contributed by atoms with Crippen LogP contribution in [0.4, 0.5) is 0 Å². The van der Waals surface area contributed by atoms with Crippen molar-refractivity contribution in [2.75, 3.05) is 7.05 Å². The monoisotopic (exact) mass is 289 g/mol. The number of aromatic nitrogens is 4. The van der Waals surface area contributed by atoms with Crippen LogP contribution in [-0.2, 0) is 4.79 Å². The third kappa shape index (κ3) is 2.73. The lowest BCUT2D eigenvalue weighted by molar-refractivity contribution is -0.147. The van der Waals surface area contributed by atoms with Gasteiger partial charge in [0, 0.05) is 18.2 Å². The standard InChI is InChI=1S/C13H15N5O3/c1-13(2,12(20)21)18(3)11(19)9-6-4-5-8(7-9)10-14-16-17-15-10/h4-7H,1-3H3,(H,20,21)(H,14,15,16,17). The maximum Gasteiger partial charge on any atom is 0.329 e. The smallest absolute Gasteiger partial charge is 0.329 e. The molecule has 1 aromatic heterocycles. The molecule has 2 N–H and O–H groups in total. The zero-order valence-corrected chi connectivity index (χ0v) is 11.9. The Morgan fingerprint density at radius 3 is 2.62 bits per heavy atom. The molecule has 8 heteroatoms. The van der Waals surface area contributed by atoms with Crippen molar-refractivity contribution in [1.82, 2.24) is 25.5 Å². The van der Waals surface area contributed by atoms with Crippen molar-refractivity contribution in [3.63, 3.8) is 0 Å². The number of amides is 1. The third-order valence-electron chi connectivity index (χ3n) is 3.38. The number of hydrogen-bond acceptors (Lipinski definition) is 5. The second kappa shape index (κ2) is 5.31. The highest BCUT2D eigenvalue weighted by Gasteiger charge is 2.35. The summed E-state index contributed by atoms with van der Waals surface area (Å²) >= 11 is 0. The predicted molar refractivity (Wildman–Crippen MR) is 73.4 cm³/mol. The fourth-order valence-electron chi connectivity index (χ4n) is 1.67. The van der Waals surface area contributed by atoms with Gasteiger partial charge in [-0.05, 0) is 31.2 Å². The molecule has 0 fully saturated rings. The lowest BCUT2D eigenvalue weighted by Gasteiger charge is -2.31. The van der Waals surface area contributed by atoms with Gasteiger partial charge in [-0.25, -0.2) is 4.79 Å². The van der Waals surface area contributed by atoms with Crippen LogP contribution >= 0.6 is 0 Å². The van der Waals surface area contributed by atoms with E-state index in [9.17, 15) is 14.7 Å². The first kappa shape index (κ1) is 14.6. The third-order valence-corrected chi connectivity index (χ3v) is 3.38. The van der Waals surface area contributed by atoms with Crippen molar-refractivity contribution >= 4 is 11.9 Å². The van der Waals surface area contributed by atoms with Gasteiger partial charge in [0.05, 0.1) is 0 Å². The van der Waals surface area contributed by atoms with Crippen molar-refractivity contribution in [1.29, 1.82) is 0 Å². The number of benzene rings is 1. The molecular weight excluding hydrogens is 274 g/mol. The molecule has 0 aliphatic rings. The minimum atomic E-state index is -1.31. The molecule has 0 bridgehead atoms. The summed E-state index contributed by atoms with van der Waals surface area (Å²) in [7, 11) is 1.46. The second-order valence-electron chi connectivity index (χ2n) is 5.04. The van der Waals surface area contributed by atoms with Crippen LogP contribution in [0.1, 0.15) is 24.2 Å². The largest absolute Gasteiger partial charge is 0.480 e. The van der Waals surface area contributed by atoms with Gasteiger partial charge in [-0.3, -0.25) is 4.79 Å². The highest BCUT2D eigenvalue weighted by molar-refractivity contribution is 5.98. The molecule has 1 amide bonds. The average Bonchev–Trinajstić information content (AvgIpc) is 2.99. The summed E-state index contributed by atoms with van der Waals surface area (Å²) in [6, 6.07) is 6.63. The molecule has 2 rings (SSSR count). The van der Waals surface area contributed by atoms with Gasteiger partial charge in [0.1, 0.15) is 5.54 Å². The molecule has 0 atom stereocenters. The lowest BCUT2D eigenvalue weighted by atomic mass is 10.0. The van der Waals surface area contributed by atoms with E-state index < -0.39 is 17.4 Å². The molecule has 0 aliphatic heterocycles. The topological polar surface area (TPSA) is 112 Å². The fraction of sp³-hybridized carbons (Fsp3) is 0.308. The lowest BCUT2D eigenvalue weighted by Crippen LogP contribution is -2.50. The Hall–Kier alpha value is -2.77. The molecular formula is C13H15N5O3. The zero-order chi connectivity index (χ0) is 15.6. The number of nitrogens with zero attached hydrogens (tertiary/aromatic N) is 4. The Morgan fingerprint density at radius 1 is 1.33 bits per heavy atom. The van der Waals surface area contributed by atoms with E-state index in [4.69, 9.17) is 0 Å². The summed E-state index contributed by atoms with van der Waals surface area (Å²) in [5.74, 6) is -1.11. The molecule has 110 valence electrons. The summed E-state index contributed by atoms with van der Waals surface area (Å²) in [6.45, 7) is 2.94. The number of nitrogens with one attached hydrogen (secondary N) is 1. The molecule has 0 unspecified atom stereocenters. The SMILES string of the molecule is CN(C(=O)c1cccc(-c2nn[nH]n2)c1)C(C)(C)C(=O)O. The normalized spacial score (nSPS) is 11.2. The number of likely N-dealkylation sites (N-methyl/N-ethyl adjacent to an activating group) is 1. The van der Waals surface area contributed by atoms with Crippen LogP contribution in [0, 0.1) is 0 Å². The number of aliphatic carboxylic acids is 1. The molecule has 1 aromatic carbocycles. The highest BCUT2D eigenvalue weighted by atomic mass is 16.4. The van der Waals surface area contributed by atoms with Crippen LogP contribution < -0.4 is 0 Å². The predicted octanol–water partition coefficient (Wildman–Crippen LogP) is 0.802.